The van der Waals surface area contributed by atoms with Gasteiger partial charge in [0.25, 0.3) is 0 Å². The Kier molecular flexibility index (Phi) is 30.2. The molecule has 0 aromatic rings. The molecule has 0 fully saturated rings. The van der Waals surface area contributed by atoms with E-state index in [1.54, 1.807) is 0 Å². The van der Waals surface area contributed by atoms with Crippen molar-refractivity contribution >= 4 is 13.7 Å². The van der Waals surface area contributed by atoms with Crippen LogP contribution in [0.25, 0.3) is 0 Å². The first-order valence-electron chi connectivity index (χ1n) is 17.7. The van der Waals surface area contributed by atoms with Crippen molar-refractivity contribution in [3.8, 4) is 0 Å². The van der Waals surface area contributed by atoms with Crippen LogP contribution >= 0.6 is 7.82 Å². The highest BCUT2D eigenvalue weighted by molar-refractivity contribution is 7.47. The van der Waals surface area contributed by atoms with Gasteiger partial charge in [-0.15, -0.1) is 0 Å². The van der Waals surface area contributed by atoms with Crippen molar-refractivity contribution in [1.82, 2.24) is 5.32 Å². The Hall–Kier alpha value is -0.500. The standard InChI is InChI=1S/C33H69N2O6P/c1-3-5-7-9-11-13-14-15-16-17-18-19-21-23-25-27-33(37)35-31(30-41-42(38,39)40-29-28-34)32(36)26-24-22-20-12-10-8-6-4-2/h31-32,36H,3-30,34H2,1-2H3,(H,35,37)(H,38,39). The van der Waals surface area contributed by atoms with Gasteiger partial charge in [0.2, 0.25) is 5.91 Å². The molecule has 0 aliphatic carbocycles. The highest BCUT2D eigenvalue weighted by atomic mass is 31.2. The number of phosphoric acid groups is 1. The van der Waals surface area contributed by atoms with Crippen LogP contribution in [0.15, 0.2) is 0 Å². The lowest BCUT2D eigenvalue weighted by molar-refractivity contribution is -0.123. The number of amides is 1. The van der Waals surface area contributed by atoms with Gasteiger partial charge in [-0.05, 0) is 12.8 Å². The third-order valence-electron chi connectivity index (χ3n) is 7.96. The molecule has 42 heavy (non-hydrogen) atoms. The van der Waals surface area contributed by atoms with Gasteiger partial charge in [-0.3, -0.25) is 13.8 Å². The Morgan fingerprint density at radius 2 is 1.10 bits per heavy atom. The second-order valence-corrected chi connectivity index (χ2v) is 13.5. The number of nitrogens with one attached hydrogen (secondary N) is 1. The van der Waals surface area contributed by atoms with E-state index < -0.39 is 20.0 Å². The van der Waals surface area contributed by atoms with Crippen molar-refractivity contribution in [2.45, 2.75) is 187 Å². The van der Waals surface area contributed by atoms with E-state index in [1.165, 1.54) is 109 Å². The third kappa shape index (κ3) is 28.3. The molecule has 0 spiro atoms. The lowest BCUT2D eigenvalue weighted by Crippen LogP contribution is -2.46. The van der Waals surface area contributed by atoms with E-state index in [-0.39, 0.29) is 25.7 Å². The lowest BCUT2D eigenvalue weighted by atomic mass is 10.0. The van der Waals surface area contributed by atoms with Crippen molar-refractivity contribution < 1.29 is 28.4 Å². The largest absolute Gasteiger partial charge is 0.472 e. The van der Waals surface area contributed by atoms with Gasteiger partial charge in [0.1, 0.15) is 0 Å². The smallest absolute Gasteiger partial charge is 0.391 e. The summed E-state index contributed by atoms with van der Waals surface area (Å²) in [7, 11) is -4.29. The summed E-state index contributed by atoms with van der Waals surface area (Å²) < 4.78 is 22.0. The number of phosphoric ester groups is 1. The number of nitrogens with two attached hydrogens (primary N) is 1. The number of aliphatic hydroxyl groups is 1. The predicted octanol–water partition coefficient (Wildman–Crippen LogP) is 8.72. The molecule has 0 aromatic carbocycles. The topological polar surface area (TPSA) is 131 Å². The van der Waals surface area contributed by atoms with Crippen LogP contribution < -0.4 is 11.1 Å². The molecule has 3 atom stereocenters. The van der Waals surface area contributed by atoms with Crippen LogP contribution in [0, 0.1) is 0 Å². The number of hydrogen-bond donors (Lipinski definition) is 4. The SMILES string of the molecule is CCCCCCCCCCCCCCCCCC(=O)NC(COP(=O)(O)OCCN)C(O)CCCCCCCCCC. The van der Waals surface area contributed by atoms with Gasteiger partial charge in [-0.2, -0.15) is 0 Å². The van der Waals surface area contributed by atoms with Gasteiger partial charge in [0, 0.05) is 13.0 Å². The summed E-state index contributed by atoms with van der Waals surface area (Å²) in [6.07, 6.45) is 28.3. The molecule has 0 radical (unpaired) electrons. The predicted molar refractivity (Wildman–Crippen MR) is 175 cm³/mol. The summed E-state index contributed by atoms with van der Waals surface area (Å²) in [4.78, 5) is 22.5. The fourth-order valence-corrected chi connectivity index (χ4v) is 6.01. The van der Waals surface area contributed by atoms with Gasteiger partial charge in [0.05, 0.1) is 25.4 Å². The van der Waals surface area contributed by atoms with E-state index in [2.05, 4.69) is 19.2 Å². The normalized spacial score (nSPS) is 14.5. The van der Waals surface area contributed by atoms with Crippen LogP contribution in [0.5, 0.6) is 0 Å². The van der Waals surface area contributed by atoms with Gasteiger partial charge < -0.3 is 21.1 Å². The molecule has 0 aliphatic heterocycles. The molecule has 0 rings (SSSR count). The first-order chi connectivity index (χ1) is 20.4. The Morgan fingerprint density at radius 3 is 1.52 bits per heavy atom. The fraction of sp³-hybridized carbons (Fsp3) is 0.970. The number of carbonyl (C=O) groups excluding carboxylic acids is 1. The van der Waals surface area contributed by atoms with Crippen LogP contribution in [-0.2, 0) is 18.4 Å². The van der Waals surface area contributed by atoms with E-state index in [4.69, 9.17) is 14.8 Å². The van der Waals surface area contributed by atoms with Crippen LogP contribution in [0.3, 0.4) is 0 Å². The van der Waals surface area contributed by atoms with Crippen molar-refractivity contribution in [1.29, 1.82) is 0 Å². The molecule has 0 saturated heterocycles. The molecule has 1 amide bonds. The highest BCUT2D eigenvalue weighted by Crippen LogP contribution is 2.43. The third-order valence-corrected chi connectivity index (χ3v) is 8.95. The second kappa shape index (κ2) is 30.5. The van der Waals surface area contributed by atoms with Crippen molar-refractivity contribution in [2.24, 2.45) is 5.73 Å². The van der Waals surface area contributed by atoms with E-state index in [0.717, 1.165) is 38.5 Å². The summed E-state index contributed by atoms with van der Waals surface area (Å²) >= 11 is 0. The number of unbranched alkanes of at least 4 members (excludes halogenated alkanes) is 21. The zero-order valence-electron chi connectivity index (χ0n) is 27.5. The molecular weight excluding hydrogens is 551 g/mol. The Morgan fingerprint density at radius 1 is 0.690 bits per heavy atom. The quantitative estimate of drug-likeness (QED) is 0.0426. The van der Waals surface area contributed by atoms with Crippen LogP contribution in [0.1, 0.15) is 174 Å². The first kappa shape index (κ1) is 41.5. The number of carbonyl (C=O) groups is 1. The van der Waals surface area contributed by atoms with Gasteiger partial charge in [-0.1, -0.05) is 155 Å². The molecule has 3 unspecified atom stereocenters. The Bertz CT molecular complexity index is 640. The molecule has 5 N–H and O–H groups in total. The fourth-order valence-electron chi connectivity index (χ4n) is 5.25. The zero-order chi connectivity index (χ0) is 31.2. The number of hydrogen-bond acceptors (Lipinski definition) is 6. The van der Waals surface area contributed by atoms with Crippen LogP contribution in [0.4, 0.5) is 0 Å². The van der Waals surface area contributed by atoms with Gasteiger partial charge in [0.15, 0.2) is 0 Å². The molecule has 8 nitrogen and oxygen atoms in total. The summed E-state index contributed by atoms with van der Waals surface area (Å²) in [5, 5.41) is 13.6. The average Bonchev–Trinajstić information content (AvgIpc) is 2.97. The van der Waals surface area contributed by atoms with E-state index >= 15 is 0 Å². The van der Waals surface area contributed by atoms with Gasteiger partial charge >= 0.3 is 7.82 Å². The molecular formula is C33H69N2O6P. The molecule has 0 aromatic heterocycles. The summed E-state index contributed by atoms with van der Waals surface area (Å²) in [6, 6.07) is -0.764. The summed E-state index contributed by atoms with van der Waals surface area (Å²) in [5.74, 6) is -0.163. The number of rotatable bonds is 33. The maximum Gasteiger partial charge on any atom is 0.472 e. The monoisotopic (exact) mass is 620 g/mol. The lowest BCUT2D eigenvalue weighted by Gasteiger charge is -2.25. The molecule has 0 saturated carbocycles. The van der Waals surface area contributed by atoms with Crippen molar-refractivity contribution in [2.75, 3.05) is 19.8 Å². The molecule has 0 heterocycles. The van der Waals surface area contributed by atoms with Crippen LogP contribution in [0.2, 0.25) is 0 Å². The van der Waals surface area contributed by atoms with Gasteiger partial charge in [-0.25, -0.2) is 4.57 Å². The minimum absolute atomic E-state index is 0.0917. The van der Waals surface area contributed by atoms with Crippen molar-refractivity contribution in [3.63, 3.8) is 0 Å². The van der Waals surface area contributed by atoms with Crippen molar-refractivity contribution in [3.05, 3.63) is 0 Å². The minimum atomic E-state index is -4.29. The van der Waals surface area contributed by atoms with Crippen LogP contribution in [-0.4, -0.2) is 47.8 Å². The molecule has 252 valence electrons. The van der Waals surface area contributed by atoms with E-state index in [9.17, 15) is 19.4 Å². The molecule has 0 bridgehead atoms. The Balaban J connectivity index is 4.19. The minimum Gasteiger partial charge on any atom is -0.391 e. The Labute approximate surface area is 259 Å². The maximum atomic E-state index is 12.6. The van der Waals surface area contributed by atoms with E-state index in [0.29, 0.717) is 12.8 Å². The molecule has 9 heteroatoms. The average molecular weight is 621 g/mol. The zero-order valence-corrected chi connectivity index (χ0v) is 28.4. The second-order valence-electron chi connectivity index (χ2n) is 12.1. The summed E-state index contributed by atoms with van der Waals surface area (Å²) in [6.45, 7) is 4.17. The van der Waals surface area contributed by atoms with E-state index in [1.807, 2.05) is 0 Å². The molecule has 0 aliphatic rings. The number of aliphatic hydroxyl groups excluding tert-OH is 1. The first-order valence-corrected chi connectivity index (χ1v) is 19.1. The highest BCUT2D eigenvalue weighted by Gasteiger charge is 2.27. The maximum absolute atomic E-state index is 12.6. The summed E-state index contributed by atoms with van der Waals surface area (Å²) in [5.41, 5.74) is 5.34.